The van der Waals surface area contributed by atoms with Gasteiger partial charge in [0.25, 0.3) is 5.91 Å². The number of aryl methyl sites for hydroxylation is 1. The van der Waals surface area contributed by atoms with Gasteiger partial charge in [-0.2, -0.15) is 0 Å². The first-order valence-corrected chi connectivity index (χ1v) is 12.4. The van der Waals surface area contributed by atoms with E-state index in [1.165, 1.54) is 16.0 Å². The van der Waals surface area contributed by atoms with Crippen LogP contribution in [0.15, 0.2) is 67.1 Å². The molecule has 1 aliphatic rings. The molecule has 1 aromatic carbocycles. The molecule has 0 unspecified atom stereocenters. The molecule has 1 fully saturated rings. The molecule has 36 heavy (non-hydrogen) atoms. The average Bonchev–Trinajstić information content (AvgIpc) is 2.86. The number of hydrogen-bond acceptors (Lipinski definition) is 5. The summed E-state index contributed by atoms with van der Waals surface area (Å²) < 4.78 is 5.64. The number of amides is 2. The van der Waals surface area contributed by atoms with Crippen molar-refractivity contribution in [1.82, 2.24) is 14.9 Å². The molecule has 0 spiro atoms. The number of rotatable bonds is 5. The fourth-order valence-electron chi connectivity index (χ4n) is 4.45. The Hall–Kier alpha value is -3.74. The first kappa shape index (κ1) is 25.4. The molecule has 7 heteroatoms. The third-order valence-electron chi connectivity index (χ3n) is 6.24. The zero-order valence-electron chi connectivity index (χ0n) is 21.5. The first-order chi connectivity index (χ1) is 17.2. The van der Waals surface area contributed by atoms with Crippen molar-refractivity contribution in [3.05, 3.63) is 89.5 Å². The summed E-state index contributed by atoms with van der Waals surface area (Å²) in [7, 11) is 0. The van der Waals surface area contributed by atoms with E-state index < -0.39 is 11.7 Å². The smallest absolute Gasteiger partial charge is 0.415 e. The number of carbonyl (C=O) groups excluding carboxylic acids is 2. The molecule has 2 amide bonds. The van der Waals surface area contributed by atoms with E-state index in [0.29, 0.717) is 36.0 Å². The molecule has 0 bridgehead atoms. The van der Waals surface area contributed by atoms with E-state index >= 15 is 0 Å². The summed E-state index contributed by atoms with van der Waals surface area (Å²) in [5, 5.41) is 0. The van der Waals surface area contributed by atoms with Crippen molar-refractivity contribution in [1.29, 1.82) is 0 Å². The summed E-state index contributed by atoms with van der Waals surface area (Å²) in [6.07, 6.45) is 6.15. The van der Waals surface area contributed by atoms with Crippen LogP contribution in [0.2, 0.25) is 0 Å². The minimum atomic E-state index is -0.665. The van der Waals surface area contributed by atoms with Crippen molar-refractivity contribution in [2.75, 3.05) is 18.0 Å². The molecule has 0 saturated carbocycles. The number of pyridine rings is 2. The van der Waals surface area contributed by atoms with Crippen LogP contribution in [-0.2, 0) is 11.3 Å². The zero-order valence-corrected chi connectivity index (χ0v) is 21.5. The minimum absolute atomic E-state index is 0.0750. The Labute approximate surface area is 213 Å². The van der Waals surface area contributed by atoms with Gasteiger partial charge in [-0.15, -0.1) is 0 Å². The summed E-state index contributed by atoms with van der Waals surface area (Å²) in [6, 6.07) is 15.9. The highest BCUT2D eigenvalue weighted by atomic mass is 16.6. The van der Waals surface area contributed by atoms with Gasteiger partial charge in [0, 0.05) is 25.5 Å². The van der Waals surface area contributed by atoms with Crippen LogP contribution < -0.4 is 4.90 Å². The van der Waals surface area contributed by atoms with Crippen LogP contribution in [0, 0.1) is 6.92 Å². The maximum Gasteiger partial charge on any atom is 0.415 e. The lowest BCUT2D eigenvalue weighted by atomic mass is 9.88. The normalized spacial score (nSPS) is 14.4. The van der Waals surface area contributed by atoms with Crippen molar-refractivity contribution < 1.29 is 14.3 Å². The Bertz CT molecular complexity index is 1200. The Balaban J connectivity index is 1.50. The lowest BCUT2D eigenvalue weighted by Gasteiger charge is -2.32. The second kappa shape index (κ2) is 10.9. The third-order valence-corrected chi connectivity index (χ3v) is 6.24. The van der Waals surface area contributed by atoms with Crippen molar-refractivity contribution in [3.63, 3.8) is 0 Å². The molecule has 0 aliphatic carbocycles. The van der Waals surface area contributed by atoms with E-state index in [4.69, 9.17) is 4.74 Å². The number of benzene rings is 1. The number of carbonyl (C=O) groups is 2. The number of likely N-dealkylation sites (tertiary alicyclic amines) is 1. The molecule has 2 aromatic heterocycles. The highest BCUT2D eigenvalue weighted by molar-refractivity contribution is 5.96. The number of piperidine rings is 1. The molecule has 4 rings (SSSR count). The topological polar surface area (TPSA) is 75.6 Å². The molecule has 0 N–H and O–H groups in total. The molecule has 1 aliphatic heterocycles. The van der Waals surface area contributed by atoms with Crippen molar-refractivity contribution in [2.24, 2.45) is 0 Å². The number of nitrogens with zero attached hydrogens (tertiary/aromatic N) is 4. The summed E-state index contributed by atoms with van der Waals surface area (Å²) in [5.41, 5.74) is 3.59. The maximum atomic E-state index is 13.4. The predicted octanol–water partition coefficient (Wildman–Crippen LogP) is 5.75. The summed E-state index contributed by atoms with van der Waals surface area (Å²) >= 11 is 0. The number of anilines is 1. The van der Waals surface area contributed by atoms with Gasteiger partial charge in [-0.05, 0) is 70.2 Å². The van der Waals surface area contributed by atoms with Crippen molar-refractivity contribution in [3.8, 4) is 0 Å². The van der Waals surface area contributed by atoms with E-state index in [-0.39, 0.29) is 12.5 Å². The second-order valence-corrected chi connectivity index (χ2v) is 10.3. The molecule has 0 atom stereocenters. The fraction of sp³-hybridized carbons (Fsp3) is 0.379. The highest BCUT2D eigenvalue weighted by Gasteiger charge is 2.27. The molecule has 3 aromatic rings. The number of hydrogen-bond donors (Lipinski definition) is 0. The van der Waals surface area contributed by atoms with Crippen LogP contribution in [0.3, 0.4) is 0 Å². The average molecular weight is 487 g/mol. The van der Waals surface area contributed by atoms with Crippen LogP contribution in [0.4, 0.5) is 10.5 Å². The number of ether oxygens (including phenoxy) is 1. The summed E-state index contributed by atoms with van der Waals surface area (Å²) in [5.74, 6) is 0.383. The molecule has 1 saturated heterocycles. The van der Waals surface area contributed by atoms with Gasteiger partial charge in [0.15, 0.2) is 0 Å². The monoisotopic (exact) mass is 486 g/mol. The van der Waals surface area contributed by atoms with E-state index in [1.54, 1.807) is 24.7 Å². The van der Waals surface area contributed by atoms with E-state index in [2.05, 4.69) is 41.2 Å². The Kier molecular flexibility index (Phi) is 7.67. The SMILES string of the molecule is Cc1cccc(C2CCN(C(=O)c3cncc(N(Cc4ccccn4)C(=O)OC(C)(C)C)c3)CC2)c1. The van der Waals surface area contributed by atoms with Gasteiger partial charge >= 0.3 is 6.09 Å². The summed E-state index contributed by atoms with van der Waals surface area (Å²) in [4.78, 5) is 38.5. The van der Waals surface area contributed by atoms with Crippen molar-refractivity contribution >= 4 is 17.7 Å². The molecular formula is C29H34N4O3. The number of aromatic nitrogens is 2. The Morgan fingerprint density at radius 3 is 2.50 bits per heavy atom. The maximum absolute atomic E-state index is 13.4. The zero-order chi connectivity index (χ0) is 25.7. The second-order valence-electron chi connectivity index (χ2n) is 10.3. The van der Waals surface area contributed by atoms with Gasteiger partial charge in [-0.25, -0.2) is 4.79 Å². The first-order valence-electron chi connectivity index (χ1n) is 12.4. The Morgan fingerprint density at radius 2 is 1.83 bits per heavy atom. The molecule has 7 nitrogen and oxygen atoms in total. The summed E-state index contributed by atoms with van der Waals surface area (Å²) in [6.45, 7) is 9.15. The van der Waals surface area contributed by atoms with Crippen LogP contribution in [0.5, 0.6) is 0 Å². The van der Waals surface area contributed by atoms with Crippen LogP contribution in [0.1, 0.15) is 66.7 Å². The van der Waals surface area contributed by atoms with Gasteiger partial charge in [0.2, 0.25) is 0 Å². The van der Waals surface area contributed by atoms with Crippen LogP contribution in [-0.4, -0.2) is 45.6 Å². The predicted molar refractivity (Wildman–Crippen MR) is 140 cm³/mol. The van der Waals surface area contributed by atoms with Crippen LogP contribution in [0.25, 0.3) is 0 Å². The molecule has 188 valence electrons. The van der Waals surface area contributed by atoms with E-state index in [9.17, 15) is 9.59 Å². The molecule has 3 heterocycles. The third kappa shape index (κ3) is 6.47. The van der Waals surface area contributed by atoms with E-state index in [0.717, 1.165) is 12.8 Å². The molecule has 0 radical (unpaired) electrons. The van der Waals surface area contributed by atoms with Gasteiger partial charge < -0.3 is 9.64 Å². The largest absolute Gasteiger partial charge is 0.443 e. The molecular weight excluding hydrogens is 452 g/mol. The van der Waals surface area contributed by atoms with Gasteiger partial charge in [0.05, 0.1) is 29.7 Å². The lowest BCUT2D eigenvalue weighted by Crippen LogP contribution is -2.38. The minimum Gasteiger partial charge on any atom is -0.443 e. The van der Waals surface area contributed by atoms with Gasteiger partial charge in [-0.1, -0.05) is 35.9 Å². The van der Waals surface area contributed by atoms with Gasteiger partial charge in [-0.3, -0.25) is 19.7 Å². The van der Waals surface area contributed by atoms with E-state index in [1.807, 2.05) is 43.9 Å². The standard InChI is InChI=1S/C29H34N4O3/c1-21-8-7-9-23(16-21)22-11-14-32(15-12-22)27(34)24-17-26(19-30-18-24)33(28(35)36-29(2,3)4)20-25-10-5-6-13-31-25/h5-10,13,16-19,22H,11-12,14-15,20H2,1-4H3. The highest BCUT2D eigenvalue weighted by Crippen LogP contribution is 2.29. The lowest BCUT2D eigenvalue weighted by molar-refractivity contribution is 0.0575. The fourth-order valence-corrected chi connectivity index (χ4v) is 4.45. The quantitative estimate of drug-likeness (QED) is 0.459. The van der Waals surface area contributed by atoms with Crippen LogP contribution >= 0.6 is 0 Å². The van der Waals surface area contributed by atoms with Gasteiger partial charge in [0.1, 0.15) is 5.60 Å². The van der Waals surface area contributed by atoms with Crippen molar-refractivity contribution in [2.45, 2.75) is 58.6 Å². The Morgan fingerprint density at radius 1 is 1.06 bits per heavy atom.